The predicted molar refractivity (Wildman–Crippen MR) is 99.5 cm³/mol. The highest BCUT2D eigenvalue weighted by Crippen LogP contribution is 2.27. The van der Waals surface area contributed by atoms with Crippen molar-refractivity contribution in [2.75, 3.05) is 25.5 Å². The number of aromatic nitrogens is 1. The van der Waals surface area contributed by atoms with E-state index in [1.54, 1.807) is 18.0 Å². The lowest BCUT2D eigenvalue weighted by Crippen LogP contribution is -2.25. The number of hydrogen-bond donors (Lipinski definition) is 0. The number of rotatable bonds is 4. The van der Waals surface area contributed by atoms with Crippen LogP contribution in [0.5, 0.6) is 0 Å². The normalized spacial score (nSPS) is 14.0. The quantitative estimate of drug-likeness (QED) is 0.802. The first kappa shape index (κ1) is 17.3. The highest BCUT2D eigenvalue weighted by molar-refractivity contribution is 5.91. The molecule has 0 fully saturated rings. The molecular formula is C20H25N3O2. The molecule has 0 bridgehead atoms. The first-order chi connectivity index (χ1) is 12.0. The molecule has 1 amide bonds. The summed E-state index contributed by atoms with van der Waals surface area (Å²) in [5, 5.41) is 3.93. The maximum Gasteiger partial charge on any atom is 0.246 e. The van der Waals surface area contributed by atoms with Crippen molar-refractivity contribution in [2.45, 2.75) is 33.2 Å². The van der Waals surface area contributed by atoms with Gasteiger partial charge in [-0.15, -0.1) is 0 Å². The van der Waals surface area contributed by atoms with Gasteiger partial charge in [-0.3, -0.25) is 4.79 Å². The van der Waals surface area contributed by atoms with Crippen molar-refractivity contribution in [3.63, 3.8) is 0 Å². The molecule has 0 spiro atoms. The van der Waals surface area contributed by atoms with Crippen molar-refractivity contribution in [3.05, 3.63) is 52.4 Å². The van der Waals surface area contributed by atoms with Gasteiger partial charge in [-0.25, -0.2) is 0 Å². The number of carbonyl (C=O) groups is 1. The zero-order valence-electron chi connectivity index (χ0n) is 15.4. The van der Waals surface area contributed by atoms with E-state index >= 15 is 0 Å². The molecule has 2 aromatic rings. The van der Waals surface area contributed by atoms with Crippen LogP contribution in [0.2, 0.25) is 0 Å². The summed E-state index contributed by atoms with van der Waals surface area (Å²) in [6.45, 7) is 5.37. The van der Waals surface area contributed by atoms with Gasteiger partial charge in [0.2, 0.25) is 5.91 Å². The Hall–Kier alpha value is -2.56. The summed E-state index contributed by atoms with van der Waals surface area (Å²) in [4.78, 5) is 16.3. The summed E-state index contributed by atoms with van der Waals surface area (Å²) in [5.41, 5.74) is 5.52. The molecule has 0 N–H and O–H groups in total. The third-order valence-electron chi connectivity index (χ3n) is 4.83. The minimum Gasteiger partial charge on any atom is -0.374 e. The molecule has 0 unspecified atom stereocenters. The van der Waals surface area contributed by atoms with Crippen LogP contribution in [0.1, 0.15) is 34.6 Å². The predicted octanol–water partition coefficient (Wildman–Crippen LogP) is 3.35. The van der Waals surface area contributed by atoms with E-state index in [1.807, 2.05) is 19.9 Å². The number of fused-ring (bicyclic) bond motifs is 1. The van der Waals surface area contributed by atoms with Gasteiger partial charge in [-0.2, -0.15) is 0 Å². The number of aryl methyl sites for hydroxylation is 3. The Morgan fingerprint density at radius 3 is 2.92 bits per heavy atom. The highest BCUT2D eigenvalue weighted by Gasteiger charge is 2.15. The van der Waals surface area contributed by atoms with Gasteiger partial charge in [0.15, 0.2) is 0 Å². The highest BCUT2D eigenvalue weighted by atomic mass is 16.5. The van der Waals surface area contributed by atoms with E-state index in [0.29, 0.717) is 6.54 Å². The fourth-order valence-electron chi connectivity index (χ4n) is 3.25. The maximum absolute atomic E-state index is 12.4. The molecule has 5 nitrogen and oxygen atoms in total. The molecule has 0 aliphatic carbocycles. The summed E-state index contributed by atoms with van der Waals surface area (Å²) in [7, 11) is 3.92. The number of likely N-dealkylation sites (N-methyl/N-ethyl adjacent to an activating group) is 1. The van der Waals surface area contributed by atoms with Crippen LogP contribution >= 0.6 is 0 Å². The third-order valence-corrected chi connectivity index (χ3v) is 4.83. The third kappa shape index (κ3) is 3.76. The second-order valence-corrected chi connectivity index (χ2v) is 6.74. The zero-order valence-corrected chi connectivity index (χ0v) is 15.4. The lowest BCUT2D eigenvalue weighted by atomic mass is 9.99. The summed E-state index contributed by atoms with van der Waals surface area (Å²) >= 11 is 0. The van der Waals surface area contributed by atoms with Crippen molar-refractivity contribution in [3.8, 4) is 0 Å². The van der Waals surface area contributed by atoms with Crippen LogP contribution in [0.4, 0.5) is 5.69 Å². The molecule has 3 rings (SSSR count). The maximum atomic E-state index is 12.4. The Balaban J connectivity index is 1.68. The first-order valence-corrected chi connectivity index (χ1v) is 8.64. The van der Waals surface area contributed by atoms with Crippen molar-refractivity contribution in [2.24, 2.45) is 0 Å². The second-order valence-electron chi connectivity index (χ2n) is 6.74. The van der Waals surface area contributed by atoms with E-state index in [4.69, 9.17) is 4.52 Å². The van der Waals surface area contributed by atoms with Crippen LogP contribution in [0.3, 0.4) is 0 Å². The van der Waals surface area contributed by atoms with E-state index in [9.17, 15) is 4.79 Å². The van der Waals surface area contributed by atoms with Crippen molar-refractivity contribution in [1.29, 1.82) is 0 Å². The van der Waals surface area contributed by atoms with Gasteiger partial charge in [0, 0.05) is 38.0 Å². The first-order valence-electron chi connectivity index (χ1n) is 8.64. The molecule has 0 atom stereocenters. The van der Waals surface area contributed by atoms with E-state index in [2.05, 4.69) is 35.3 Å². The topological polar surface area (TPSA) is 49.6 Å². The van der Waals surface area contributed by atoms with Gasteiger partial charge < -0.3 is 14.3 Å². The van der Waals surface area contributed by atoms with Crippen molar-refractivity contribution in [1.82, 2.24) is 10.1 Å². The lowest BCUT2D eigenvalue weighted by molar-refractivity contribution is -0.125. The fraction of sp³-hybridized carbons (Fsp3) is 0.400. The molecular weight excluding hydrogens is 314 g/mol. The van der Waals surface area contributed by atoms with E-state index in [-0.39, 0.29) is 5.91 Å². The summed E-state index contributed by atoms with van der Waals surface area (Å²) in [6, 6.07) is 6.40. The van der Waals surface area contributed by atoms with Gasteiger partial charge in [0.05, 0.1) is 12.2 Å². The minimum absolute atomic E-state index is 0.0326. The van der Waals surface area contributed by atoms with Gasteiger partial charge in [0.1, 0.15) is 5.76 Å². The van der Waals surface area contributed by atoms with Gasteiger partial charge in [-0.05, 0) is 56.0 Å². The van der Waals surface area contributed by atoms with Crippen molar-refractivity contribution < 1.29 is 9.32 Å². The molecule has 132 valence electrons. The summed E-state index contributed by atoms with van der Waals surface area (Å²) in [6.07, 6.45) is 5.80. The van der Waals surface area contributed by atoms with E-state index < -0.39 is 0 Å². The van der Waals surface area contributed by atoms with E-state index in [0.717, 1.165) is 35.5 Å². The number of hydrogen-bond acceptors (Lipinski definition) is 4. The van der Waals surface area contributed by atoms with Crippen LogP contribution in [0, 0.1) is 13.8 Å². The standard InChI is InChI=1S/C20H25N3O2/c1-14-18(15(2)25-21-14)13-23(4)20(24)10-8-16-7-9-19-17(12-16)6-5-11-22(19)3/h7-10,12H,5-6,11,13H2,1-4H3/b10-8-. The van der Waals surface area contributed by atoms with Gasteiger partial charge >= 0.3 is 0 Å². The summed E-state index contributed by atoms with van der Waals surface area (Å²) in [5.74, 6) is 0.731. The minimum atomic E-state index is -0.0326. The average Bonchev–Trinajstić information content (AvgIpc) is 2.91. The number of anilines is 1. The molecule has 1 aliphatic heterocycles. The van der Waals surface area contributed by atoms with Crippen molar-refractivity contribution >= 4 is 17.7 Å². The van der Waals surface area contributed by atoms with Crippen LogP contribution < -0.4 is 4.90 Å². The monoisotopic (exact) mass is 339 g/mol. The number of amides is 1. The molecule has 2 heterocycles. The smallest absolute Gasteiger partial charge is 0.246 e. The molecule has 1 aromatic heterocycles. The molecule has 0 saturated carbocycles. The molecule has 0 saturated heterocycles. The van der Waals surface area contributed by atoms with Crippen LogP contribution in [-0.4, -0.2) is 36.6 Å². The lowest BCUT2D eigenvalue weighted by Gasteiger charge is -2.27. The molecule has 25 heavy (non-hydrogen) atoms. The number of benzene rings is 1. The molecule has 1 aliphatic rings. The Morgan fingerprint density at radius 2 is 2.20 bits per heavy atom. The van der Waals surface area contributed by atoms with E-state index in [1.165, 1.54) is 17.7 Å². The Bertz CT molecular complexity index is 788. The second kappa shape index (κ2) is 7.13. The molecule has 1 aromatic carbocycles. The Labute approximate surface area is 148 Å². The zero-order chi connectivity index (χ0) is 18.0. The van der Waals surface area contributed by atoms with Gasteiger partial charge in [0.25, 0.3) is 0 Å². The average molecular weight is 339 g/mol. The largest absolute Gasteiger partial charge is 0.374 e. The fourth-order valence-corrected chi connectivity index (χ4v) is 3.25. The Morgan fingerprint density at radius 1 is 1.40 bits per heavy atom. The van der Waals surface area contributed by atoms with Crippen LogP contribution in [-0.2, 0) is 17.8 Å². The molecule has 0 radical (unpaired) electrons. The number of nitrogens with zero attached hydrogens (tertiary/aromatic N) is 3. The summed E-state index contributed by atoms with van der Waals surface area (Å²) < 4.78 is 5.16. The van der Waals surface area contributed by atoms with Gasteiger partial charge in [-0.1, -0.05) is 11.2 Å². The van der Waals surface area contributed by atoms with Crippen LogP contribution in [0.25, 0.3) is 6.08 Å². The number of carbonyl (C=O) groups excluding carboxylic acids is 1. The van der Waals surface area contributed by atoms with Crippen LogP contribution in [0.15, 0.2) is 28.8 Å². The molecule has 5 heteroatoms. The SMILES string of the molecule is Cc1noc(C)c1CN(C)C(=O)/C=C\c1ccc2c(c1)CCCN2C. The Kier molecular flexibility index (Phi) is 4.93.